The molecule has 144 valence electrons. The smallest absolute Gasteiger partial charge is 0.324 e. The standard InChI is InChI=1S/C21H25NO4S/c1-14-6-4-5-7-17(14)13-25-18-8-10-19(11-9-18)27-22-12-15(2)26-16(3)20(22)21(23)24/h4-11,15-16,20H,12-13H2,1-3H3,(H,23,24)/t15-,16-,20+/m0/s1. The van der Waals surface area contributed by atoms with Crippen LogP contribution in [-0.4, -0.2) is 40.2 Å². The Hall–Kier alpha value is -2.02. The minimum atomic E-state index is -0.861. The lowest BCUT2D eigenvalue weighted by Gasteiger charge is -2.39. The number of benzene rings is 2. The van der Waals surface area contributed by atoms with E-state index < -0.39 is 12.0 Å². The predicted octanol–water partition coefficient (Wildman–Crippen LogP) is 4.14. The summed E-state index contributed by atoms with van der Waals surface area (Å²) < 4.78 is 13.4. The van der Waals surface area contributed by atoms with E-state index in [1.54, 1.807) is 0 Å². The minimum absolute atomic E-state index is 0.000168. The molecule has 1 saturated heterocycles. The molecule has 1 aliphatic heterocycles. The highest BCUT2D eigenvalue weighted by atomic mass is 32.2. The van der Waals surface area contributed by atoms with Gasteiger partial charge >= 0.3 is 5.97 Å². The molecule has 0 saturated carbocycles. The molecule has 2 aromatic carbocycles. The maximum Gasteiger partial charge on any atom is 0.324 e. The van der Waals surface area contributed by atoms with Gasteiger partial charge < -0.3 is 14.6 Å². The molecule has 27 heavy (non-hydrogen) atoms. The number of aryl methyl sites for hydroxylation is 1. The summed E-state index contributed by atoms with van der Waals surface area (Å²) in [6.07, 6.45) is -0.352. The van der Waals surface area contributed by atoms with Crippen LogP contribution in [0, 0.1) is 6.92 Å². The number of nitrogens with zero attached hydrogens (tertiary/aromatic N) is 1. The number of ether oxygens (including phenoxy) is 2. The summed E-state index contributed by atoms with van der Waals surface area (Å²) in [7, 11) is 0. The second kappa shape index (κ2) is 8.78. The average molecular weight is 388 g/mol. The third-order valence-electron chi connectivity index (χ3n) is 4.59. The van der Waals surface area contributed by atoms with Gasteiger partial charge in [-0.3, -0.25) is 4.79 Å². The molecule has 0 aromatic heterocycles. The largest absolute Gasteiger partial charge is 0.489 e. The van der Waals surface area contributed by atoms with E-state index in [2.05, 4.69) is 19.1 Å². The zero-order valence-corrected chi connectivity index (χ0v) is 16.6. The number of carboxylic acid groups (broad SMARTS) is 1. The molecule has 0 amide bonds. The Morgan fingerprint density at radius 1 is 1.22 bits per heavy atom. The second-order valence-corrected chi connectivity index (χ2v) is 7.94. The van der Waals surface area contributed by atoms with Crippen molar-refractivity contribution in [2.75, 3.05) is 6.54 Å². The molecule has 1 N–H and O–H groups in total. The Bertz CT molecular complexity index is 780. The van der Waals surface area contributed by atoms with Gasteiger partial charge in [0.25, 0.3) is 0 Å². The third kappa shape index (κ3) is 5.03. The Balaban J connectivity index is 1.63. The van der Waals surface area contributed by atoms with E-state index in [1.165, 1.54) is 17.5 Å². The van der Waals surface area contributed by atoms with E-state index in [-0.39, 0.29) is 12.2 Å². The van der Waals surface area contributed by atoms with Crippen LogP contribution >= 0.6 is 11.9 Å². The van der Waals surface area contributed by atoms with Crippen LogP contribution in [0.1, 0.15) is 25.0 Å². The summed E-state index contributed by atoms with van der Waals surface area (Å²) >= 11 is 1.45. The summed E-state index contributed by atoms with van der Waals surface area (Å²) in [6, 6.07) is 15.3. The summed E-state index contributed by atoms with van der Waals surface area (Å²) in [4.78, 5) is 12.6. The van der Waals surface area contributed by atoms with Gasteiger partial charge in [0.15, 0.2) is 0 Å². The number of carbonyl (C=O) groups is 1. The van der Waals surface area contributed by atoms with E-state index in [9.17, 15) is 9.90 Å². The maximum atomic E-state index is 11.6. The van der Waals surface area contributed by atoms with E-state index in [0.717, 1.165) is 16.2 Å². The van der Waals surface area contributed by atoms with Gasteiger partial charge in [-0.2, -0.15) is 0 Å². The highest BCUT2D eigenvalue weighted by Gasteiger charge is 2.38. The van der Waals surface area contributed by atoms with Crippen LogP contribution < -0.4 is 4.74 Å². The third-order valence-corrected chi connectivity index (χ3v) is 5.69. The lowest BCUT2D eigenvalue weighted by atomic mass is 10.1. The minimum Gasteiger partial charge on any atom is -0.489 e. The van der Waals surface area contributed by atoms with Crippen LogP contribution in [0.2, 0.25) is 0 Å². The van der Waals surface area contributed by atoms with Gasteiger partial charge in [0, 0.05) is 11.4 Å². The van der Waals surface area contributed by atoms with Gasteiger partial charge in [-0.15, -0.1) is 0 Å². The first-order chi connectivity index (χ1) is 12.9. The van der Waals surface area contributed by atoms with Gasteiger partial charge in [-0.05, 0) is 68.1 Å². The number of carboxylic acids is 1. The summed E-state index contributed by atoms with van der Waals surface area (Å²) in [5, 5.41) is 9.53. The molecule has 5 nitrogen and oxygen atoms in total. The van der Waals surface area contributed by atoms with Crippen LogP contribution in [0.5, 0.6) is 5.75 Å². The Kier molecular flexibility index (Phi) is 6.42. The first kappa shape index (κ1) is 19.7. The van der Waals surface area contributed by atoms with E-state index in [1.807, 2.05) is 54.6 Å². The zero-order chi connectivity index (χ0) is 19.4. The van der Waals surface area contributed by atoms with Crippen molar-refractivity contribution in [3.8, 4) is 5.75 Å². The van der Waals surface area contributed by atoms with Crippen molar-refractivity contribution < 1.29 is 19.4 Å². The number of hydrogen-bond donors (Lipinski definition) is 1. The number of aliphatic carboxylic acids is 1. The molecule has 2 aromatic rings. The molecule has 6 heteroatoms. The normalized spacial score (nSPS) is 23.1. The first-order valence-electron chi connectivity index (χ1n) is 9.04. The van der Waals surface area contributed by atoms with E-state index in [4.69, 9.17) is 9.47 Å². The van der Waals surface area contributed by atoms with Crippen LogP contribution in [0.25, 0.3) is 0 Å². The first-order valence-corrected chi connectivity index (χ1v) is 9.81. The molecular formula is C21H25NO4S. The lowest BCUT2D eigenvalue weighted by Crippen LogP contribution is -2.53. The van der Waals surface area contributed by atoms with Gasteiger partial charge in [0.1, 0.15) is 18.4 Å². The molecule has 0 unspecified atom stereocenters. The lowest BCUT2D eigenvalue weighted by molar-refractivity contribution is -0.154. The van der Waals surface area contributed by atoms with Crippen molar-refractivity contribution in [1.82, 2.24) is 4.31 Å². The second-order valence-electron chi connectivity index (χ2n) is 6.81. The molecule has 0 radical (unpaired) electrons. The fraction of sp³-hybridized carbons (Fsp3) is 0.381. The van der Waals surface area contributed by atoms with Crippen molar-refractivity contribution >= 4 is 17.9 Å². The van der Waals surface area contributed by atoms with Crippen LogP contribution in [0.3, 0.4) is 0 Å². The van der Waals surface area contributed by atoms with Gasteiger partial charge in [-0.25, -0.2) is 4.31 Å². The Labute approximate surface area is 164 Å². The summed E-state index contributed by atoms with van der Waals surface area (Å²) in [5.74, 6) is -0.0683. The van der Waals surface area contributed by atoms with Crippen LogP contribution in [-0.2, 0) is 16.1 Å². The topological polar surface area (TPSA) is 59.0 Å². The van der Waals surface area contributed by atoms with Gasteiger partial charge in [0.2, 0.25) is 0 Å². The molecule has 1 heterocycles. The maximum absolute atomic E-state index is 11.6. The zero-order valence-electron chi connectivity index (χ0n) is 15.8. The fourth-order valence-corrected chi connectivity index (χ4v) is 4.36. The van der Waals surface area contributed by atoms with Crippen molar-refractivity contribution in [2.45, 2.75) is 50.5 Å². The van der Waals surface area contributed by atoms with Crippen LogP contribution in [0.15, 0.2) is 53.4 Å². The van der Waals surface area contributed by atoms with Crippen molar-refractivity contribution in [3.05, 3.63) is 59.7 Å². The highest BCUT2D eigenvalue weighted by Crippen LogP contribution is 2.32. The average Bonchev–Trinajstić information content (AvgIpc) is 2.61. The quantitative estimate of drug-likeness (QED) is 0.752. The molecular weight excluding hydrogens is 362 g/mol. The molecule has 3 atom stereocenters. The summed E-state index contributed by atoms with van der Waals surface area (Å²) in [6.45, 7) is 6.94. The van der Waals surface area contributed by atoms with Gasteiger partial charge in [0.05, 0.1) is 12.2 Å². The Morgan fingerprint density at radius 2 is 1.93 bits per heavy atom. The molecule has 0 spiro atoms. The SMILES string of the molecule is Cc1ccccc1COc1ccc(SN2C[C@H](C)O[C@@H](C)[C@@H]2C(=O)O)cc1. The fourth-order valence-electron chi connectivity index (χ4n) is 3.17. The monoisotopic (exact) mass is 387 g/mol. The summed E-state index contributed by atoms with van der Waals surface area (Å²) in [5.41, 5.74) is 2.37. The molecule has 0 bridgehead atoms. The van der Waals surface area contributed by atoms with Crippen molar-refractivity contribution in [2.24, 2.45) is 0 Å². The van der Waals surface area contributed by atoms with E-state index >= 15 is 0 Å². The van der Waals surface area contributed by atoms with E-state index in [0.29, 0.717) is 13.2 Å². The predicted molar refractivity (Wildman–Crippen MR) is 106 cm³/mol. The van der Waals surface area contributed by atoms with Crippen molar-refractivity contribution in [1.29, 1.82) is 0 Å². The number of hydrogen-bond acceptors (Lipinski definition) is 5. The molecule has 1 fully saturated rings. The van der Waals surface area contributed by atoms with Crippen molar-refractivity contribution in [3.63, 3.8) is 0 Å². The number of rotatable bonds is 6. The highest BCUT2D eigenvalue weighted by molar-refractivity contribution is 7.97. The molecule has 0 aliphatic carbocycles. The number of morpholine rings is 1. The Morgan fingerprint density at radius 3 is 2.59 bits per heavy atom. The molecule has 1 aliphatic rings. The molecule has 3 rings (SSSR count). The van der Waals surface area contributed by atoms with Crippen LogP contribution in [0.4, 0.5) is 0 Å². The van der Waals surface area contributed by atoms with Gasteiger partial charge in [-0.1, -0.05) is 24.3 Å².